The van der Waals surface area contributed by atoms with Crippen LogP contribution in [0.5, 0.6) is 0 Å². The minimum absolute atomic E-state index is 0.0142. The van der Waals surface area contributed by atoms with Crippen LogP contribution in [0.15, 0.2) is 0 Å². The lowest BCUT2D eigenvalue weighted by Gasteiger charge is -2.20. The number of hydrogen-bond donors (Lipinski definition) is 1. The van der Waals surface area contributed by atoms with E-state index in [4.69, 9.17) is 60.6 Å². The van der Waals surface area contributed by atoms with Gasteiger partial charge >= 0.3 is 7.60 Å². The van der Waals surface area contributed by atoms with E-state index in [1.807, 2.05) is 0 Å². The summed E-state index contributed by atoms with van der Waals surface area (Å²) < 4.78 is 22.3. The third kappa shape index (κ3) is 8.90. The summed E-state index contributed by atoms with van der Waals surface area (Å²) in [6.45, 7) is -0.377. The second kappa shape index (κ2) is 10.1. The molecule has 17 heavy (non-hydrogen) atoms. The van der Waals surface area contributed by atoms with Crippen molar-refractivity contribution in [1.82, 2.24) is 0 Å². The van der Waals surface area contributed by atoms with Crippen molar-refractivity contribution in [1.29, 1.82) is 0 Å². The van der Waals surface area contributed by atoms with Gasteiger partial charge in [-0.25, -0.2) is 0 Å². The quantitative estimate of drug-likeness (QED) is 0.487. The smallest absolute Gasteiger partial charge is 0.332 e. The van der Waals surface area contributed by atoms with Crippen LogP contribution in [0.2, 0.25) is 0 Å². The predicted molar refractivity (Wildman–Crippen MR) is 72.2 cm³/mol. The van der Waals surface area contributed by atoms with Crippen molar-refractivity contribution in [2.45, 2.75) is 10.8 Å². The Kier molecular flexibility index (Phi) is 10.9. The van der Waals surface area contributed by atoms with Crippen LogP contribution >= 0.6 is 54.0 Å². The molecule has 0 amide bonds. The van der Waals surface area contributed by atoms with E-state index in [1.165, 1.54) is 0 Å². The Morgan fingerprint density at radius 2 is 1.71 bits per heavy atom. The van der Waals surface area contributed by atoms with E-state index in [2.05, 4.69) is 0 Å². The lowest BCUT2D eigenvalue weighted by atomic mass is 10.5. The van der Waals surface area contributed by atoms with Gasteiger partial charge in [-0.3, -0.25) is 4.57 Å². The number of rotatable bonds is 10. The van der Waals surface area contributed by atoms with E-state index in [-0.39, 0.29) is 37.7 Å². The molecule has 0 aliphatic carbocycles. The predicted octanol–water partition coefficient (Wildman–Crippen LogP) is 2.90. The monoisotopic (exact) mass is 346 g/mol. The van der Waals surface area contributed by atoms with E-state index < -0.39 is 18.3 Å². The fourth-order valence-corrected chi connectivity index (χ4v) is 3.53. The van der Waals surface area contributed by atoms with Crippen LogP contribution in [-0.2, 0) is 13.6 Å². The number of hydrogen-bond acceptors (Lipinski definition) is 4. The van der Waals surface area contributed by atoms with Crippen molar-refractivity contribution in [3.05, 3.63) is 0 Å². The highest BCUT2D eigenvalue weighted by molar-refractivity contribution is 7.54. The van der Waals surface area contributed by atoms with Gasteiger partial charge in [0.15, 0.2) is 0 Å². The molecule has 9 heteroatoms. The molecule has 3 unspecified atom stereocenters. The Morgan fingerprint density at radius 1 is 1.12 bits per heavy atom. The van der Waals surface area contributed by atoms with Gasteiger partial charge in [-0.15, -0.1) is 46.4 Å². The van der Waals surface area contributed by atoms with Gasteiger partial charge in [-0.05, 0) is 0 Å². The van der Waals surface area contributed by atoms with Crippen LogP contribution in [0, 0.1) is 0 Å². The number of aliphatic hydroxyl groups excluding tert-OH is 1. The molecule has 0 bridgehead atoms. The zero-order valence-electron chi connectivity index (χ0n) is 9.03. The van der Waals surface area contributed by atoms with Crippen molar-refractivity contribution in [2.24, 2.45) is 0 Å². The number of halogens is 4. The van der Waals surface area contributed by atoms with Gasteiger partial charge in [0, 0.05) is 11.8 Å². The first-order valence-corrected chi connectivity index (χ1v) is 8.53. The highest BCUT2D eigenvalue weighted by Gasteiger charge is 2.29. The fourth-order valence-electron chi connectivity index (χ4n) is 0.853. The zero-order chi connectivity index (χ0) is 13.3. The molecule has 104 valence electrons. The molecule has 0 radical (unpaired) electrons. The molecule has 0 aromatic heterocycles. The van der Waals surface area contributed by atoms with Crippen molar-refractivity contribution in [3.8, 4) is 0 Å². The molecule has 0 aliphatic rings. The largest absolute Gasteiger partial charge is 0.394 e. The molecule has 4 nitrogen and oxygen atoms in total. The van der Waals surface area contributed by atoms with Crippen LogP contribution in [0.4, 0.5) is 0 Å². The standard InChI is InChI=1S/C8H15Cl4O4P/c9-3-7(11)5-16-17(14,15-2-1-13)6-8(12)4-10/h7-8,13H,1-6H2. The van der Waals surface area contributed by atoms with E-state index in [0.717, 1.165) is 0 Å². The Balaban J connectivity index is 4.33. The third-order valence-electron chi connectivity index (χ3n) is 1.59. The summed E-state index contributed by atoms with van der Waals surface area (Å²) in [6, 6.07) is 0. The summed E-state index contributed by atoms with van der Waals surface area (Å²) in [6.07, 6.45) is -0.0377. The first kappa shape index (κ1) is 18.3. The maximum Gasteiger partial charge on any atom is 0.332 e. The van der Waals surface area contributed by atoms with E-state index in [9.17, 15) is 4.57 Å². The average molecular weight is 348 g/mol. The van der Waals surface area contributed by atoms with Crippen LogP contribution in [0.25, 0.3) is 0 Å². The molecule has 0 saturated carbocycles. The molecule has 0 heterocycles. The molecule has 3 atom stereocenters. The first-order valence-electron chi connectivity index (χ1n) is 4.86. The lowest BCUT2D eigenvalue weighted by molar-refractivity contribution is 0.162. The molecule has 0 aromatic carbocycles. The topological polar surface area (TPSA) is 55.8 Å². The maximum atomic E-state index is 12.2. The fraction of sp³-hybridized carbons (Fsp3) is 1.00. The van der Waals surface area contributed by atoms with Gasteiger partial charge in [-0.1, -0.05) is 0 Å². The second-order valence-corrected chi connectivity index (χ2v) is 7.10. The average Bonchev–Trinajstić information content (AvgIpc) is 2.33. The van der Waals surface area contributed by atoms with Crippen molar-refractivity contribution < 1.29 is 18.7 Å². The molecule has 0 fully saturated rings. The van der Waals surface area contributed by atoms with Crippen LogP contribution in [-0.4, -0.2) is 53.6 Å². The van der Waals surface area contributed by atoms with Gasteiger partial charge in [-0.2, -0.15) is 0 Å². The highest BCUT2D eigenvalue weighted by Crippen LogP contribution is 2.49. The van der Waals surface area contributed by atoms with Crippen LogP contribution in [0.1, 0.15) is 0 Å². The molecule has 0 rings (SSSR count). The highest BCUT2D eigenvalue weighted by atomic mass is 35.5. The van der Waals surface area contributed by atoms with Gasteiger partial charge in [0.05, 0.1) is 36.7 Å². The lowest BCUT2D eigenvalue weighted by Crippen LogP contribution is -2.16. The molecule has 1 N–H and O–H groups in total. The Morgan fingerprint density at radius 3 is 2.18 bits per heavy atom. The van der Waals surface area contributed by atoms with E-state index in [0.29, 0.717) is 0 Å². The SMILES string of the molecule is O=P(CC(Cl)CCl)(OCCO)OCC(Cl)CCl. The summed E-state index contributed by atoms with van der Waals surface area (Å²) in [4.78, 5) is 0. The first-order chi connectivity index (χ1) is 7.97. The van der Waals surface area contributed by atoms with Gasteiger partial charge in [0.2, 0.25) is 0 Å². The summed E-state index contributed by atoms with van der Waals surface area (Å²) >= 11 is 22.5. The second-order valence-electron chi connectivity index (χ2n) is 3.15. The minimum atomic E-state index is -3.40. The third-order valence-corrected chi connectivity index (χ3v) is 5.46. The van der Waals surface area contributed by atoms with E-state index >= 15 is 0 Å². The van der Waals surface area contributed by atoms with Crippen molar-refractivity contribution in [3.63, 3.8) is 0 Å². The summed E-state index contributed by atoms with van der Waals surface area (Å²) in [5, 5.41) is 7.64. The zero-order valence-corrected chi connectivity index (χ0v) is 12.9. The van der Waals surface area contributed by atoms with Gasteiger partial charge in [0.1, 0.15) is 0 Å². The minimum Gasteiger partial charge on any atom is -0.394 e. The Labute approximate surface area is 121 Å². The summed E-state index contributed by atoms with van der Waals surface area (Å²) in [7, 11) is -3.40. The molecule has 0 saturated heterocycles. The van der Waals surface area contributed by atoms with Crippen molar-refractivity contribution >= 4 is 54.0 Å². The molecule has 0 spiro atoms. The maximum absolute atomic E-state index is 12.2. The van der Waals surface area contributed by atoms with Gasteiger partial charge < -0.3 is 14.2 Å². The summed E-state index contributed by atoms with van der Waals surface area (Å²) in [5.74, 6) is 0.290. The van der Waals surface area contributed by atoms with Crippen molar-refractivity contribution in [2.75, 3.05) is 37.7 Å². The van der Waals surface area contributed by atoms with Crippen LogP contribution in [0.3, 0.4) is 0 Å². The summed E-state index contributed by atoms with van der Waals surface area (Å²) in [5.41, 5.74) is 0. The van der Waals surface area contributed by atoms with Gasteiger partial charge in [0.25, 0.3) is 0 Å². The molecular weight excluding hydrogens is 333 g/mol. The molecule has 0 aliphatic heterocycles. The molecular formula is C8H15Cl4O4P. The normalized spacial score (nSPS) is 18.6. The Hall–Kier alpha value is 1.27. The number of alkyl halides is 4. The Bertz CT molecular complexity index is 244. The molecule has 0 aromatic rings. The van der Waals surface area contributed by atoms with Crippen LogP contribution < -0.4 is 0 Å². The number of aliphatic hydroxyl groups is 1. The van der Waals surface area contributed by atoms with E-state index in [1.54, 1.807) is 0 Å².